The Morgan fingerprint density at radius 3 is 3.13 bits per heavy atom. The van der Waals surface area contributed by atoms with Gasteiger partial charge in [-0.25, -0.2) is 0 Å². The lowest BCUT2D eigenvalue weighted by Gasteiger charge is -2.37. The van der Waals surface area contributed by atoms with Gasteiger partial charge in [-0.2, -0.15) is 11.8 Å². The molecule has 0 amide bonds. The van der Waals surface area contributed by atoms with Gasteiger partial charge in [0.1, 0.15) is 5.78 Å². The minimum atomic E-state index is 0.140. The number of Topliss-reactive ketones (excluding diaryl/α,β-unsaturated/α-hetero) is 1. The molecule has 15 heavy (non-hydrogen) atoms. The topological polar surface area (TPSA) is 26.3 Å². The minimum Gasteiger partial charge on any atom is -0.374 e. The molecule has 86 valence electrons. The molecule has 0 aromatic carbocycles. The van der Waals surface area contributed by atoms with E-state index in [0.717, 1.165) is 31.6 Å². The Hall–Kier alpha value is -0.0200. The standard InChI is InChI=1S/C12H20O2S/c1-2-11(13)7-10-3-5-14-12(8-10)4-6-15-9-12/h10H,2-9H2,1H3. The molecule has 2 fully saturated rings. The number of carbonyl (C=O) groups is 1. The van der Waals surface area contributed by atoms with E-state index in [0.29, 0.717) is 18.1 Å². The van der Waals surface area contributed by atoms with Crippen LogP contribution in [0.4, 0.5) is 0 Å². The third-order valence-corrected chi connectivity index (χ3v) is 4.80. The molecule has 2 aliphatic heterocycles. The Morgan fingerprint density at radius 1 is 1.60 bits per heavy atom. The molecule has 0 radical (unpaired) electrons. The molecule has 1 spiro atoms. The third-order valence-electron chi connectivity index (χ3n) is 3.57. The fourth-order valence-electron chi connectivity index (χ4n) is 2.63. The average molecular weight is 228 g/mol. The monoisotopic (exact) mass is 228 g/mol. The Labute approximate surface area is 96.1 Å². The van der Waals surface area contributed by atoms with Crippen LogP contribution >= 0.6 is 11.8 Å². The van der Waals surface area contributed by atoms with E-state index in [4.69, 9.17) is 4.74 Å². The molecule has 0 aliphatic carbocycles. The summed E-state index contributed by atoms with van der Waals surface area (Å²) in [6, 6.07) is 0. The van der Waals surface area contributed by atoms with Crippen molar-refractivity contribution in [3.05, 3.63) is 0 Å². The van der Waals surface area contributed by atoms with Crippen LogP contribution in [0.3, 0.4) is 0 Å². The summed E-state index contributed by atoms with van der Waals surface area (Å²) in [7, 11) is 0. The van der Waals surface area contributed by atoms with Gasteiger partial charge in [-0.3, -0.25) is 4.79 Å². The van der Waals surface area contributed by atoms with Crippen LogP contribution in [0.15, 0.2) is 0 Å². The maximum Gasteiger partial charge on any atom is 0.132 e. The van der Waals surface area contributed by atoms with E-state index >= 15 is 0 Å². The zero-order chi connectivity index (χ0) is 10.7. The van der Waals surface area contributed by atoms with E-state index < -0.39 is 0 Å². The molecule has 2 aliphatic rings. The van der Waals surface area contributed by atoms with Crippen molar-refractivity contribution in [3.8, 4) is 0 Å². The van der Waals surface area contributed by atoms with E-state index in [-0.39, 0.29) is 5.60 Å². The van der Waals surface area contributed by atoms with Crippen LogP contribution < -0.4 is 0 Å². The lowest BCUT2D eigenvalue weighted by atomic mass is 9.82. The smallest absolute Gasteiger partial charge is 0.132 e. The van der Waals surface area contributed by atoms with Crippen molar-refractivity contribution in [1.82, 2.24) is 0 Å². The summed E-state index contributed by atoms with van der Waals surface area (Å²) in [5.41, 5.74) is 0.140. The molecule has 0 aromatic heterocycles. The maximum atomic E-state index is 11.4. The number of ketones is 1. The number of thioether (sulfide) groups is 1. The highest BCUT2D eigenvalue weighted by Gasteiger charge is 2.40. The van der Waals surface area contributed by atoms with Gasteiger partial charge in [-0.05, 0) is 30.9 Å². The molecule has 0 bridgehead atoms. The summed E-state index contributed by atoms with van der Waals surface area (Å²) in [4.78, 5) is 11.4. The molecule has 2 unspecified atom stereocenters. The Kier molecular flexibility index (Phi) is 3.73. The summed E-state index contributed by atoms with van der Waals surface area (Å²) in [5, 5.41) is 0. The molecule has 2 heterocycles. The van der Waals surface area contributed by atoms with Gasteiger partial charge < -0.3 is 4.74 Å². The summed E-state index contributed by atoms with van der Waals surface area (Å²) < 4.78 is 5.94. The summed E-state index contributed by atoms with van der Waals surface area (Å²) in [6.07, 6.45) is 4.86. The Morgan fingerprint density at radius 2 is 2.47 bits per heavy atom. The van der Waals surface area contributed by atoms with E-state index in [2.05, 4.69) is 0 Å². The van der Waals surface area contributed by atoms with Crippen molar-refractivity contribution in [3.63, 3.8) is 0 Å². The zero-order valence-corrected chi connectivity index (χ0v) is 10.3. The lowest BCUT2D eigenvalue weighted by Crippen LogP contribution is -2.40. The quantitative estimate of drug-likeness (QED) is 0.743. The van der Waals surface area contributed by atoms with Crippen molar-refractivity contribution < 1.29 is 9.53 Å². The van der Waals surface area contributed by atoms with Crippen LogP contribution in [0.2, 0.25) is 0 Å². The molecule has 0 aromatic rings. The van der Waals surface area contributed by atoms with Gasteiger partial charge in [0.2, 0.25) is 0 Å². The van der Waals surface area contributed by atoms with Crippen LogP contribution in [-0.2, 0) is 9.53 Å². The maximum absolute atomic E-state index is 11.4. The predicted molar refractivity (Wildman–Crippen MR) is 63.3 cm³/mol. The molecule has 2 atom stereocenters. The number of rotatable bonds is 3. The van der Waals surface area contributed by atoms with Crippen molar-refractivity contribution in [1.29, 1.82) is 0 Å². The van der Waals surface area contributed by atoms with Gasteiger partial charge in [0, 0.05) is 25.2 Å². The molecule has 2 saturated heterocycles. The number of hydrogen-bond acceptors (Lipinski definition) is 3. The van der Waals surface area contributed by atoms with Crippen molar-refractivity contribution in [2.45, 2.75) is 44.6 Å². The molecular formula is C12H20O2S. The minimum absolute atomic E-state index is 0.140. The highest BCUT2D eigenvalue weighted by molar-refractivity contribution is 7.99. The SMILES string of the molecule is CCC(=O)CC1CCOC2(CCSC2)C1. The highest BCUT2D eigenvalue weighted by Crippen LogP contribution is 2.41. The fourth-order valence-corrected chi connectivity index (χ4v) is 4.01. The van der Waals surface area contributed by atoms with E-state index in [9.17, 15) is 4.79 Å². The summed E-state index contributed by atoms with van der Waals surface area (Å²) in [5.74, 6) is 3.38. The van der Waals surface area contributed by atoms with E-state index in [1.807, 2.05) is 18.7 Å². The highest BCUT2D eigenvalue weighted by atomic mass is 32.2. The Bertz CT molecular complexity index is 234. The second kappa shape index (κ2) is 4.88. The van der Waals surface area contributed by atoms with Crippen molar-refractivity contribution in [2.24, 2.45) is 5.92 Å². The first kappa shape index (κ1) is 11.5. The first-order valence-corrected chi connectivity index (χ1v) is 7.13. The second-order valence-electron chi connectivity index (χ2n) is 4.79. The van der Waals surface area contributed by atoms with E-state index in [1.54, 1.807) is 0 Å². The number of carbonyl (C=O) groups excluding carboxylic acids is 1. The average Bonchev–Trinajstić information content (AvgIpc) is 2.66. The van der Waals surface area contributed by atoms with Crippen LogP contribution in [-0.4, -0.2) is 29.5 Å². The molecule has 2 nitrogen and oxygen atoms in total. The summed E-state index contributed by atoms with van der Waals surface area (Å²) >= 11 is 2.00. The predicted octanol–water partition coefficient (Wildman–Crippen LogP) is 2.66. The van der Waals surface area contributed by atoms with Crippen LogP contribution in [0, 0.1) is 5.92 Å². The van der Waals surface area contributed by atoms with Crippen LogP contribution in [0.5, 0.6) is 0 Å². The van der Waals surface area contributed by atoms with Gasteiger partial charge in [0.05, 0.1) is 5.60 Å². The van der Waals surface area contributed by atoms with Gasteiger partial charge in [0.25, 0.3) is 0 Å². The fraction of sp³-hybridized carbons (Fsp3) is 0.917. The number of hydrogen-bond donors (Lipinski definition) is 0. The van der Waals surface area contributed by atoms with Crippen LogP contribution in [0.1, 0.15) is 39.0 Å². The Balaban J connectivity index is 1.89. The third kappa shape index (κ3) is 2.76. The number of ether oxygens (including phenoxy) is 1. The normalized spacial score (nSPS) is 35.9. The van der Waals surface area contributed by atoms with Gasteiger partial charge in [-0.1, -0.05) is 6.92 Å². The molecule has 3 heteroatoms. The molecular weight excluding hydrogens is 208 g/mol. The van der Waals surface area contributed by atoms with Gasteiger partial charge in [0.15, 0.2) is 0 Å². The second-order valence-corrected chi connectivity index (χ2v) is 5.89. The zero-order valence-electron chi connectivity index (χ0n) is 9.46. The lowest BCUT2D eigenvalue weighted by molar-refractivity contribution is -0.123. The summed E-state index contributed by atoms with van der Waals surface area (Å²) in [6.45, 7) is 2.82. The first-order valence-electron chi connectivity index (χ1n) is 5.97. The van der Waals surface area contributed by atoms with Crippen molar-refractivity contribution >= 4 is 17.5 Å². The van der Waals surface area contributed by atoms with Crippen LogP contribution in [0.25, 0.3) is 0 Å². The van der Waals surface area contributed by atoms with Gasteiger partial charge in [-0.15, -0.1) is 0 Å². The largest absolute Gasteiger partial charge is 0.374 e. The van der Waals surface area contributed by atoms with Gasteiger partial charge >= 0.3 is 0 Å². The first-order chi connectivity index (χ1) is 7.24. The molecule has 0 saturated carbocycles. The molecule has 0 N–H and O–H groups in total. The molecule has 2 rings (SSSR count). The van der Waals surface area contributed by atoms with E-state index in [1.165, 1.54) is 12.2 Å². The van der Waals surface area contributed by atoms with Crippen molar-refractivity contribution in [2.75, 3.05) is 18.1 Å².